The van der Waals surface area contributed by atoms with E-state index < -0.39 is 0 Å². The SMILES string of the molecule is CC[C@H]1c2ccc(C)n2CCN1C(=O)c1[nH]nc(-c2ccccc2)c1C. The molecule has 3 aromatic rings. The number of aromatic amines is 1. The minimum atomic E-state index is 0.0362. The molecular weight excluding hydrogens is 324 g/mol. The lowest BCUT2D eigenvalue weighted by Gasteiger charge is -2.37. The van der Waals surface area contributed by atoms with E-state index in [1.807, 2.05) is 42.2 Å². The van der Waals surface area contributed by atoms with E-state index in [0.29, 0.717) is 5.69 Å². The average Bonchev–Trinajstić information content (AvgIpc) is 3.24. The quantitative estimate of drug-likeness (QED) is 0.775. The van der Waals surface area contributed by atoms with E-state index in [-0.39, 0.29) is 11.9 Å². The van der Waals surface area contributed by atoms with Gasteiger partial charge in [0.1, 0.15) is 5.69 Å². The largest absolute Gasteiger partial charge is 0.345 e. The van der Waals surface area contributed by atoms with Crippen LogP contribution in [0.15, 0.2) is 42.5 Å². The van der Waals surface area contributed by atoms with Gasteiger partial charge in [0, 0.05) is 35.6 Å². The Morgan fingerprint density at radius 2 is 1.92 bits per heavy atom. The Bertz CT molecular complexity index is 938. The van der Waals surface area contributed by atoms with Crippen molar-refractivity contribution in [1.82, 2.24) is 19.7 Å². The van der Waals surface area contributed by atoms with E-state index in [0.717, 1.165) is 36.3 Å². The van der Waals surface area contributed by atoms with Crippen molar-refractivity contribution in [2.75, 3.05) is 6.54 Å². The standard InChI is InChI=1S/C21H24N4O/c1-4-17-18-11-10-14(2)24(18)12-13-25(17)21(26)20-15(3)19(22-23-20)16-8-6-5-7-9-16/h5-11,17H,4,12-13H2,1-3H3,(H,22,23)/t17-/m0/s1. The fourth-order valence-corrected chi connectivity index (χ4v) is 4.01. The Labute approximate surface area is 153 Å². The number of aryl methyl sites for hydroxylation is 1. The summed E-state index contributed by atoms with van der Waals surface area (Å²) in [4.78, 5) is 15.3. The van der Waals surface area contributed by atoms with Crippen molar-refractivity contribution in [2.24, 2.45) is 0 Å². The topological polar surface area (TPSA) is 53.9 Å². The highest BCUT2D eigenvalue weighted by Gasteiger charge is 2.32. The molecule has 2 aromatic heterocycles. The van der Waals surface area contributed by atoms with Gasteiger partial charge in [0.2, 0.25) is 0 Å². The Hall–Kier alpha value is -2.82. The van der Waals surface area contributed by atoms with Gasteiger partial charge in [0.15, 0.2) is 0 Å². The van der Waals surface area contributed by atoms with E-state index in [9.17, 15) is 4.79 Å². The first-order valence-electron chi connectivity index (χ1n) is 9.19. The third kappa shape index (κ3) is 2.55. The normalized spacial score (nSPS) is 16.6. The van der Waals surface area contributed by atoms with Crippen molar-refractivity contribution in [3.8, 4) is 11.3 Å². The van der Waals surface area contributed by atoms with E-state index in [2.05, 4.69) is 40.7 Å². The number of rotatable bonds is 3. The maximum absolute atomic E-state index is 13.3. The maximum Gasteiger partial charge on any atom is 0.272 e. The van der Waals surface area contributed by atoms with Crippen LogP contribution >= 0.6 is 0 Å². The summed E-state index contributed by atoms with van der Waals surface area (Å²) in [6.45, 7) is 7.79. The van der Waals surface area contributed by atoms with Gasteiger partial charge in [-0.25, -0.2) is 0 Å². The van der Waals surface area contributed by atoms with Crippen LogP contribution in [0.3, 0.4) is 0 Å². The van der Waals surface area contributed by atoms with Gasteiger partial charge in [-0.2, -0.15) is 5.10 Å². The number of hydrogen-bond acceptors (Lipinski definition) is 2. The summed E-state index contributed by atoms with van der Waals surface area (Å²) in [6.07, 6.45) is 0.897. The van der Waals surface area contributed by atoms with Gasteiger partial charge >= 0.3 is 0 Å². The first-order valence-corrected chi connectivity index (χ1v) is 9.19. The maximum atomic E-state index is 13.3. The number of aromatic nitrogens is 3. The van der Waals surface area contributed by atoms with Gasteiger partial charge in [0.25, 0.3) is 5.91 Å². The van der Waals surface area contributed by atoms with Gasteiger partial charge in [-0.05, 0) is 32.4 Å². The van der Waals surface area contributed by atoms with E-state index >= 15 is 0 Å². The van der Waals surface area contributed by atoms with Crippen LogP contribution < -0.4 is 0 Å². The average molecular weight is 348 g/mol. The van der Waals surface area contributed by atoms with Crippen molar-refractivity contribution in [3.63, 3.8) is 0 Å². The molecule has 26 heavy (non-hydrogen) atoms. The molecule has 1 aromatic carbocycles. The predicted octanol–water partition coefficient (Wildman–Crippen LogP) is 4.10. The van der Waals surface area contributed by atoms with Crippen molar-refractivity contribution in [1.29, 1.82) is 0 Å². The molecule has 0 bridgehead atoms. The van der Waals surface area contributed by atoms with Crippen LogP contribution in [-0.2, 0) is 6.54 Å². The summed E-state index contributed by atoms with van der Waals surface area (Å²) in [5, 5.41) is 7.42. The fraction of sp³-hybridized carbons (Fsp3) is 0.333. The predicted molar refractivity (Wildman–Crippen MR) is 102 cm³/mol. The Morgan fingerprint density at radius 3 is 2.65 bits per heavy atom. The van der Waals surface area contributed by atoms with Crippen LogP contribution in [0, 0.1) is 13.8 Å². The summed E-state index contributed by atoms with van der Waals surface area (Å²) < 4.78 is 2.33. The molecular formula is C21H24N4O. The smallest absolute Gasteiger partial charge is 0.272 e. The summed E-state index contributed by atoms with van der Waals surface area (Å²) in [6, 6.07) is 14.4. The first-order chi connectivity index (χ1) is 12.6. The van der Waals surface area contributed by atoms with Crippen molar-refractivity contribution < 1.29 is 4.79 Å². The first kappa shape index (κ1) is 16.6. The van der Waals surface area contributed by atoms with Crippen molar-refractivity contribution in [2.45, 2.75) is 39.8 Å². The van der Waals surface area contributed by atoms with E-state index in [1.165, 1.54) is 11.4 Å². The zero-order valence-corrected chi connectivity index (χ0v) is 15.5. The Kier molecular flexibility index (Phi) is 4.15. The monoisotopic (exact) mass is 348 g/mol. The van der Waals surface area contributed by atoms with Crippen LogP contribution in [0.2, 0.25) is 0 Å². The molecule has 3 heterocycles. The van der Waals surface area contributed by atoms with Crippen LogP contribution in [0.1, 0.15) is 46.8 Å². The zero-order valence-electron chi connectivity index (χ0n) is 15.5. The number of H-pyrrole nitrogens is 1. The molecule has 1 N–H and O–H groups in total. The second-order valence-electron chi connectivity index (χ2n) is 6.91. The number of carbonyl (C=O) groups excluding carboxylic acids is 1. The number of nitrogens with zero attached hydrogens (tertiary/aromatic N) is 3. The number of benzene rings is 1. The summed E-state index contributed by atoms with van der Waals surface area (Å²) >= 11 is 0. The van der Waals surface area contributed by atoms with Crippen molar-refractivity contribution in [3.05, 3.63) is 65.1 Å². The molecule has 0 aliphatic carbocycles. The Morgan fingerprint density at radius 1 is 1.15 bits per heavy atom. The molecule has 1 amide bonds. The van der Waals surface area contributed by atoms with E-state index in [1.54, 1.807) is 0 Å². The molecule has 1 aliphatic rings. The van der Waals surface area contributed by atoms with Crippen LogP contribution in [-0.4, -0.2) is 32.1 Å². The lowest BCUT2D eigenvalue weighted by molar-refractivity contribution is 0.0609. The highest BCUT2D eigenvalue weighted by Crippen LogP contribution is 2.32. The molecule has 1 aliphatic heterocycles. The molecule has 5 heteroatoms. The van der Waals surface area contributed by atoms with Gasteiger partial charge < -0.3 is 9.47 Å². The third-order valence-electron chi connectivity index (χ3n) is 5.43. The minimum Gasteiger partial charge on any atom is -0.345 e. The molecule has 134 valence electrons. The van der Waals surface area contributed by atoms with Gasteiger partial charge in [-0.15, -0.1) is 0 Å². The second kappa shape index (κ2) is 6.48. The summed E-state index contributed by atoms with van der Waals surface area (Å²) in [5.41, 5.74) is 5.86. The number of nitrogens with one attached hydrogen (secondary N) is 1. The highest BCUT2D eigenvalue weighted by atomic mass is 16.2. The third-order valence-corrected chi connectivity index (χ3v) is 5.43. The molecule has 0 saturated carbocycles. The molecule has 1 atom stereocenters. The molecule has 5 nitrogen and oxygen atoms in total. The highest BCUT2D eigenvalue weighted by molar-refractivity contribution is 5.95. The van der Waals surface area contributed by atoms with Crippen molar-refractivity contribution >= 4 is 5.91 Å². The van der Waals surface area contributed by atoms with Gasteiger partial charge in [-0.1, -0.05) is 37.3 Å². The second-order valence-corrected chi connectivity index (χ2v) is 6.91. The molecule has 0 fully saturated rings. The van der Waals surface area contributed by atoms with Crippen LogP contribution in [0.5, 0.6) is 0 Å². The van der Waals surface area contributed by atoms with Crippen LogP contribution in [0.4, 0.5) is 0 Å². The lowest BCUT2D eigenvalue weighted by Crippen LogP contribution is -2.42. The lowest BCUT2D eigenvalue weighted by atomic mass is 10.0. The van der Waals surface area contributed by atoms with Gasteiger partial charge in [0.05, 0.1) is 11.7 Å². The van der Waals surface area contributed by atoms with Crippen LogP contribution in [0.25, 0.3) is 11.3 Å². The summed E-state index contributed by atoms with van der Waals surface area (Å²) in [7, 11) is 0. The molecule has 0 unspecified atom stereocenters. The molecule has 4 rings (SSSR count). The molecule has 0 spiro atoms. The minimum absolute atomic E-state index is 0.0362. The summed E-state index contributed by atoms with van der Waals surface area (Å²) in [5.74, 6) is 0.0362. The number of amides is 1. The zero-order chi connectivity index (χ0) is 18.3. The number of fused-ring (bicyclic) bond motifs is 1. The van der Waals surface area contributed by atoms with Gasteiger partial charge in [-0.3, -0.25) is 9.89 Å². The fourth-order valence-electron chi connectivity index (χ4n) is 4.01. The molecule has 0 radical (unpaired) electrons. The Balaban J connectivity index is 1.67. The van der Waals surface area contributed by atoms with E-state index in [4.69, 9.17) is 0 Å². The number of carbonyl (C=O) groups is 1. The molecule has 0 saturated heterocycles. The number of hydrogen-bond donors (Lipinski definition) is 1.